The molecule has 1 heterocycles. The number of rotatable bonds is 5. The van der Waals surface area contributed by atoms with E-state index in [1.54, 1.807) is 6.92 Å². The Morgan fingerprint density at radius 3 is 2.42 bits per heavy atom. The second-order valence-electron chi connectivity index (χ2n) is 5.75. The second kappa shape index (κ2) is 7.56. The van der Waals surface area contributed by atoms with Gasteiger partial charge in [-0.3, -0.25) is 4.79 Å². The predicted molar refractivity (Wildman–Crippen MR) is 100 cm³/mol. The second-order valence-corrected chi connectivity index (χ2v) is 9.12. The molecule has 0 aliphatic rings. The Morgan fingerprint density at radius 2 is 1.85 bits per heavy atom. The van der Waals surface area contributed by atoms with Gasteiger partial charge in [-0.1, -0.05) is 6.07 Å². The van der Waals surface area contributed by atoms with Gasteiger partial charge in [0.05, 0.1) is 17.6 Å². The van der Waals surface area contributed by atoms with E-state index in [2.05, 4.69) is 5.32 Å². The van der Waals surface area contributed by atoms with Crippen LogP contribution in [0.5, 0.6) is 0 Å². The number of nitrogens with one attached hydrogen (secondary N) is 1. The van der Waals surface area contributed by atoms with Crippen molar-refractivity contribution in [1.82, 2.24) is 4.31 Å². The van der Waals surface area contributed by atoms with E-state index in [1.807, 2.05) is 6.92 Å². The highest BCUT2D eigenvalue weighted by Gasteiger charge is 2.23. The van der Waals surface area contributed by atoms with Crippen LogP contribution in [0.3, 0.4) is 0 Å². The zero-order valence-corrected chi connectivity index (χ0v) is 16.7. The van der Waals surface area contributed by atoms with Gasteiger partial charge in [0, 0.05) is 24.5 Å². The molecule has 0 bridgehead atoms. The molecule has 0 unspecified atom stereocenters. The number of benzene rings is 1. The van der Waals surface area contributed by atoms with Gasteiger partial charge in [0.1, 0.15) is 5.00 Å². The third-order valence-electron chi connectivity index (χ3n) is 3.88. The lowest BCUT2D eigenvalue weighted by molar-refractivity contribution is 0.0601. The fraction of sp³-hybridized carbons (Fsp3) is 0.294. The average Bonchev–Trinajstić information content (AvgIpc) is 2.88. The molecule has 0 fully saturated rings. The molecule has 0 aliphatic carbocycles. The number of hydrogen-bond donors (Lipinski definition) is 1. The zero-order valence-electron chi connectivity index (χ0n) is 15.1. The Balaban J connectivity index is 2.38. The van der Waals surface area contributed by atoms with Gasteiger partial charge >= 0.3 is 5.97 Å². The molecule has 0 saturated heterocycles. The highest BCUT2D eigenvalue weighted by molar-refractivity contribution is 7.89. The Labute approximate surface area is 156 Å². The monoisotopic (exact) mass is 396 g/mol. The summed E-state index contributed by atoms with van der Waals surface area (Å²) in [5.74, 6) is -1.04. The minimum Gasteiger partial charge on any atom is -0.465 e. The maximum atomic E-state index is 12.6. The zero-order chi connectivity index (χ0) is 19.6. The minimum absolute atomic E-state index is 0.0156. The Kier molecular flexibility index (Phi) is 5.84. The molecule has 9 heteroatoms. The lowest BCUT2D eigenvalue weighted by Gasteiger charge is -2.12. The van der Waals surface area contributed by atoms with Crippen molar-refractivity contribution in [3.05, 3.63) is 45.8 Å². The van der Waals surface area contributed by atoms with E-state index in [4.69, 9.17) is 4.74 Å². The summed E-state index contributed by atoms with van der Waals surface area (Å²) in [4.78, 5) is 25.5. The van der Waals surface area contributed by atoms with Crippen molar-refractivity contribution >= 4 is 38.2 Å². The fourth-order valence-corrected chi connectivity index (χ4v) is 4.24. The van der Waals surface area contributed by atoms with E-state index in [9.17, 15) is 18.0 Å². The third-order valence-corrected chi connectivity index (χ3v) is 6.81. The summed E-state index contributed by atoms with van der Waals surface area (Å²) >= 11 is 1.26. The number of sulfonamides is 1. The molecule has 2 rings (SSSR count). The molecular weight excluding hydrogens is 376 g/mol. The first-order valence-electron chi connectivity index (χ1n) is 7.61. The van der Waals surface area contributed by atoms with Crippen molar-refractivity contribution in [3.8, 4) is 0 Å². The molecule has 1 aromatic heterocycles. The number of nitrogens with zero attached hydrogens (tertiary/aromatic N) is 1. The molecule has 0 saturated carbocycles. The van der Waals surface area contributed by atoms with Crippen LogP contribution in [0.2, 0.25) is 0 Å². The number of thiophene rings is 1. The summed E-state index contributed by atoms with van der Waals surface area (Å²) in [6.45, 7) is 3.62. The predicted octanol–water partition coefficient (Wildman–Crippen LogP) is 2.65. The fourth-order valence-electron chi connectivity index (χ4n) is 2.25. The van der Waals surface area contributed by atoms with E-state index in [1.165, 1.54) is 56.8 Å². The number of esters is 1. The van der Waals surface area contributed by atoms with Crippen molar-refractivity contribution in [2.24, 2.45) is 0 Å². The number of anilines is 1. The molecule has 2 aromatic rings. The molecule has 140 valence electrons. The standard InChI is InChI=1S/C17H20N2O5S2/c1-10-11(2)25-16(14(10)17(21)24-5)18-15(20)12-7-6-8-13(9-12)26(22,23)19(3)4/h6-9H,1-5H3,(H,18,20). The van der Waals surface area contributed by atoms with Crippen LogP contribution in [0, 0.1) is 13.8 Å². The van der Waals surface area contributed by atoms with E-state index in [0.717, 1.165) is 14.7 Å². The number of aryl methyl sites for hydroxylation is 1. The lowest BCUT2D eigenvalue weighted by Crippen LogP contribution is -2.23. The first kappa shape index (κ1) is 20.1. The molecule has 0 radical (unpaired) electrons. The highest BCUT2D eigenvalue weighted by atomic mass is 32.2. The topological polar surface area (TPSA) is 92.8 Å². The molecule has 1 N–H and O–H groups in total. The number of carbonyl (C=O) groups excluding carboxylic acids is 2. The highest BCUT2D eigenvalue weighted by Crippen LogP contribution is 2.33. The maximum Gasteiger partial charge on any atom is 0.341 e. The number of methoxy groups -OCH3 is 1. The van der Waals surface area contributed by atoms with E-state index >= 15 is 0 Å². The summed E-state index contributed by atoms with van der Waals surface area (Å²) in [5, 5.41) is 3.05. The third kappa shape index (κ3) is 3.79. The van der Waals surface area contributed by atoms with Crippen molar-refractivity contribution in [3.63, 3.8) is 0 Å². The molecular formula is C17H20N2O5S2. The summed E-state index contributed by atoms with van der Waals surface area (Å²) in [5.41, 5.74) is 1.22. The number of hydrogen-bond acceptors (Lipinski definition) is 6. The Bertz CT molecular complexity index is 962. The quantitative estimate of drug-likeness (QED) is 0.785. The van der Waals surface area contributed by atoms with Gasteiger partial charge in [0.15, 0.2) is 0 Å². The van der Waals surface area contributed by atoms with Crippen LogP contribution < -0.4 is 5.32 Å². The van der Waals surface area contributed by atoms with Gasteiger partial charge in [0.2, 0.25) is 10.0 Å². The Hall–Kier alpha value is -2.23. The molecule has 0 atom stereocenters. The van der Waals surface area contributed by atoms with Gasteiger partial charge < -0.3 is 10.1 Å². The SMILES string of the molecule is COC(=O)c1c(NC(=O)c2cccc(S(=O)(=O)N(C)C)c2)sc(C)c1C. The summed E-state index contributed by atoms with van der Waals surface area (Å²) < 4.78 is 30.3. The average molecular weight is 396 g/mol. The van der Waals surface area contributed by atoms with Crippen LogP contribution in [0.15, 0.2) is 29.2 Å². The first-order chi connectivity index (χ1) is 12.1. The van der Waals surface area contributed by atoms with E-state index in [-0.39, 0.29) is 10.5 Å². The van der Waals surface area contributed by atoms with Crippen LogP contribution in [-0.4, -0.2) is 45.8 Å². The largest absolute Gasteiger partial charge is 0.465 e. The van der Waals surface area contributed by atoms with E-state index < -0.39 is 21.9 Å². The number of carbonyl (C=O) groups is 2. The molecule has 0 aliphatic heterocycles. The van der Waals surface area contributed by atoms with Crippen molar-refractivity contribution < 1.29 is 22.7 Å². The van der Waals surface area contributed by atoms with Crippen molar-refractivity contribution in [1.29, 1.82) is 0 Å². The van der Waals surface area contributed by atoms with Crippen LogP contribution in [0.25, 0.3) is 0 Å². The van der Waals surface area contributed by atoms with Crippen LogP contribution >= 0.6 is 11.3 Å². The number of ether oxygens (including phenoxy) is 1. The van der Waals surface area contributed by atoms with Crippen LogP contribution in [-0.2, 0) is 14.8 Å². The van der Waals surface area contributed by atoms with Gasteiger partial charge in [0.25, 0.3) is 5.91 Å². The summed E-state index contributed by atoms with van der Waals surface area (Å²) in [6.07, 6.45) is 0. The normalized spacial score (nSPS) is 11.5. The minimum atomic E-state index is -3.65. The summed E-state index contributed by atoms with van der Waals surface area (Å²) in [7, 11) is 0.459. The van der Waals surface area contributed by atoms with Gasteiger partial charge in [-0.25, -0.2) is 17.5 Å². The van der Waals surface area contributed by atoms with Gasteiger partial charge in [-0.2, -0.15) is 0 Å². The summed E-state index contributed by atoms with van der Waals surface area (Å²) in [6, 6.07) is 5.73. The van der Waals surface area contributed by atoms with Gasteiger partial charge in [-0.05, 0) is 37.6 Å². The van der Waals surface area contributed by atoms with E-state index in [0.29, 0.717) is 10.6 Å². The number of amides is 1. The van der Waals surface area contributed by atoms with Crippen LogP contribution in [0.4, 0.5) is 5.00 Å². The van der Waals surface area contributed by atoms with Crippen molar-refractivity contribution in [2.45, 2.75) is 18.7 Å². The van der Waals surface area contributed by atoms with Crippen molar-refractivity contribution in [2.75, 3.05) is 26.5 Å². The molecule has 26 heavy (non-hydrogen) atoms. The lowest BCUT2D eigenvalue weighted by atomic mass is 10.1. The molecule has 7 nitrogen and oxygen atoms in total. The van der Waals surface area contributed by atoms with Gasteiger partial charge in [-0.15, -0.1) is 11.3 Å². The first-order valence-corrected chi connectivity index (χ1v) is 9.87. The maximum absolute atomic E-state index is 12.6. The molecule has 1 amide bonds. The molecule has 0 spiro atoms. The van der Waals surface area contributed by atoms with Crippen LogP contribution in [0.1, 0.15) is 31.2 Å². The molecule has 1 aromatic carbocycles. The smallest absolute Gasteiger partial charge is 0.341 e. The Morgan fingerprint density at radius 1 is 1.19 bits per heavy atom.